The molecule has 0 fully saturated rings. The number of nitrogens with one attached hydrogen (secondary N) is 3. The van der Waals surface area contributed by atoms with Gasteiger partial charge >= 0.3 is 6.18 Å². The second-order valence-corrected chi connectivity index (χ2v) is 9.37. The van der Waals surface area contributed by atoms with Crippen LogP contribution < -0.4 is 22.1 Å². The van der Waals surface area contributed by atoms with Gasteiger partial charge in [-0.2, -0.15) is 18.3 Å². The van der Waals surface area contributed by atoms with Gasteiger partial charge in [0, 0.05) is 23.2 Å². The summed E-state index contributed by atoms with van der Waals surface area (Å²) in [4.78, 5) is 18.8. The molecular weight excluding hydrogens is 492 g/mol. The van der Waals surface area contributed by atoms with Crippen molar-refractivity contribution < 1.29 is 22.4 Å². The Balaban J connectivity index is 1.55. The summed E-state index contributed by atoms with van der Waals surface area (Å²) in [7, 11) is 0. The number of rotatable bonds is 4. The molecule has 0 saturated heterocycles. The van der Waals surface area contributed by atoms with Crippen molar-refractivity contribution in [2.24, 2.45) is 10.7 Å². The monoisotopic (exact) mass is 516 g/mol. The summed E-state index contributed by atoms with van der Waals surface area (Å²) < 4.78 is 55.1. The van der Waals surface area contributed by atoms with Crippen LogP contribution in [0.4, 0.5) is 29.1 Å². The van der Waals surface area contributed by atoms with E-state index in [1.54, 1.807) is 12.1 Å². The largest absolute Gasteiger partial charge is 0.416 e. The number of primary amides is 1. The van der Waals surface area contributed by atoms with Crippen LogP contribution in [0.3, 0.4) is 0 Å². The third-order valence-corrected chi connectivity index (χ3v) is 6.80. The highest BCUT2D eigenvalue weighted by molar-refractivity contribution is 6.06. The highest BCUT2D eigenvalue weighted by Crippen LogP contribution is 2.42. The van der Waals surface area contributed by atoms with E-state index in [-0.39, 0.29) is 5.56 Å². The number of nitrogen functional groups attached to an aromatic ring is 1. The molecule has 37 heavy (non-hydrogen) atoms. The zero-order chi connectivity index (χ0) is 26.7. The summed E-state index contributed by atoms with van der Waals surface area (Å²) in [5.41, 5.74) is 11.9. The minimum atomic E-state index is -4.74. The number of para-hydroxylation sites is 1. The lowest BCUT2D eigenvalue weighted by Crippen LogP contribution is -2.46. The molecule has 2 aromatic carbocycles. The first-order chi connectivity index (χ1) is 17.4. The minimum absolute atomic E-state index is 0.176. The summed E-state index contributed by atoms with van der Waals surface area (Å²) in [6, 6.07) is 7.61. The second-order valence-electron chi connectivity index (χ2n) is 9.37. The maximum Gasteiger partial charge on any atom is 0.416 e. The molecule has 1 unspecified atom stereocenters. The van der Waals surface area contributed by atoms with Crippen molar-refractivity contribution in [2.75, 3.05) is 11.1 Å². The molecule has 0 bridgehead atoms. The van der Waals surface area contributed by atoms with Crippen LogP contribution in [0.25, 0.3) is 0 Å². The smallest absolute Gasteiger partial charge is 0.382 e. The highest BCUT2D eigenvalue weighted by atomic mass is 19.4. The van der Waals surface area contributed by atoms with E-state index in [1.165, 1.54) is 6.07 Å². The molecule has 0 aliphatic carbocycles. The van der Waals surface area contributed by atoms with Crippen LogP contribution in [-0.2, 0) is 24.8 Å². The molecule has 1 atom stereocenters. The summed E-state index contributed by atoms with van der Waals surface area (Å²) in [5.74, 6) is -1.02. The molecule has 194 valence electrons. The Bertz CT molecular complexity index is 1430. The molecule has 1 amide bonds. The number of halogens is 4. The van der Waals surface area contributed by atoms with Gasteiger partial charge in [-0.1, -0.05) is 18.2 Å². The van der Waals surface area contributed by atoms with E-state index in [1.807, 2.05) is 18.7 Å². The number of hydrogen-bond acceptors (Lipinski definition) is 7. The minimum Gasteiger partial charge on any atom is -0.382 e. The number of aromatic nitrogens is 2. The van der Waals surface area contributed by atoms with Gasteiger partial charge in [0.1, 0.15) is 12.0 Å². The SMILES string of the molecule is CC1(C)c2[nH]nc(N)c2CN1C1=NC(NCc2c(F)cccc2C(F)(F)F)c2cccc(C(N)=O)c2N1. The number of carbonyl (C=O) groups excluding carboxylic acids is 1. The molecule has 2 aliphatic rings. The van der Waals surface area contributed by atoms with Gasteiger partial charge in [-0.05, 0) is 32.0 Å². The van der Waals surface area contributed by atoms with Gasteiger partial charge in [-0.15, -0.1) is 0 Å². The van der Waals surface area contributed by atoms with E-state index >= 15 is 0 Å². The lowest BCUT2D eigenvalue weighted by atomic mass is 10.00. The van der Waals surface area contributed by atoms with Crippen LogP contribution >= 0.6 is 0 Å². The number of anilines is 2. The van der Waals surface area contributed by atoms with E-state index in [0.29, 0.717) is 29.6 Å². The average Bonchev–Trinajstić information content (AvgIpc) is 3.33. The second kappa shape index (κ2) is 8.47. The predicted octanol–water partition coefficient (Wildman–Crippen LogP) is 3.57. The normalized spacial score (nSPS) is 18.2. The van der Waals surface area contributed by atoms with Crippen molar-refractivity contribution in [1.29, 1.82) is 0 Å². The van der Waals surface area contributed by atoms with E-state index in [4.69, 9.17) is 16.5 Å². The van der Waals surface area contributed by atoms with E-state index < -0.39 is 47.3 Å². The first kappa shape index (κ1) is 24.6. The molecule has 7 N–H and O–H groups in total. The van der Waals surface area contributed by atoms with Crippen LogP contribution in [0.15, 0.2) is 41.4 Å². The third kappa shape index (κ3) is 4.04. The van der Waals surface area contributed by atoms with Gasteiger partial charge < -0.3 is 21.7 Å². The lowest BCUT2D eigenvalue weighted by Gasteiger charge is -2.38. The Hall–Kier alpha value is -4.13. The molecule has 5 rings (SSSR count). The quantitative estimate of drug-likeness (QED) is 0.336. The molecule has 0 radical (unpaired) electrons. The highest BCUT2D eigenvalue weighted by Gasteiger charge is 2.44. The van der Waals surface area contributed by atoms with Gasteiger partial charge in [0.25, 0.3) is 5.91 Å². The number of nitrogens with two attached hydrogens (primary N) is 2. The number of guanidine groups is 1. The summed E-state index contributed by atoms with van der Waals surface area (Å²) >= 11 is 0. The number of hydrogen-bond donors (Lipinski definition) is 5. The van der Waals surface area contributed by atoms with Crippen molar-refractivity contribution >= 4 is 23.4 Å². The Morgan fingerprint density at radius 3 is 2.65 bits per heavy atom. The van der Waals surface area contributed by atoms with Crippen molar-refractivity contribution in [3.8, 4) is 0 Å². The van der Waals surface area contributed by atoms with Gasteiger partial charge in [0.2, 0.25) is 5.96 Å². The summed E-state index contributed by atoms with van der Waals surface area (Å²) in [6.07, 6.45) is -5.66. The van der Waals surface area contributed by atoms with Crippen LogP contribution in [0.5, 0.6) is 0 Å². The first-order valence-corrected chi connectivity index (χ1v) is 11.4. The molecule has 2 aliphatic heterocycles. The fourth-order valence-corrected chi connectivity index (χ4v) is 4.85. The number of benzene rings is 2. The number of amides is 1. The van der Waals surface area contributed by atoms with Crippen LogP contribution in [0, 0.1) is 5.82 Å². The topological polar surface area (TPSA) is 137 Å². The number of alkyl halides is 3. The van der Waals surface area contributed by atoms with Gasteiger partial charge in [0.05, 0.1) is 34.6 Å². The average molecular weight is 517 g/mol. The Kier molecular flexibility index (Phi) is 5.62. The van der Waals surface area contributed by atoms with Crippen LogP contribution in [0.2, 0.25) is 0 Å². The van der Waals surface area contributed by atoms with Gasteiger partial charge in [0.15, 0.2) is 5.82 Å². The number of nitrogens with zero attached hydrogens (tertiary/aromatic N) is 3. The van der Waals surface area contributed by atoms with E-state index in [0.717, 1.165) is 29.5 Å². The summed E-state index contributed by atoms with van der Waals surface area (Å²) in [6.45, 7) is 3.71. The molecule has 9 nitrogen and oxygen atoms in total. The van der Waals surface area contributed by atoms with E-state index in [2.05, 4.69) is 20.8 Å². The molecule has 3 heterocycles. The molecule has 0 saturated carbocycles. The van der Waals surface area contributed by atoms with Crippen LogP contribution in [-0.4, -0.2) is 27.0 Å². The Labute approximate surface area is 208 Å². The van der Waals surface area contributed by atoms with Gasteiger partial charge in [-0.3, -0.25) is 15.2 Å². The van der Waals surface area contributed by atoms with Crippen molar-refractivity contribution in [3.05, 3.63) is 75.7 Å². The fraction of sp³-hybridized carbons (Fsp3) is 0.292. The molecule has 0 spiro atoms. The zero-order valence-electron chi connectivity index (χ0n) is 19.9. The van der Waals surface area contributed by atoms with E-state index in [9.17, 15) is 22.4 Å². The number of aliphatic imine (C=N–C) groups is 1. The zero-order valence-corrected chi connectivity index (χ0v) is 19.9. The fourth-order valence-electron chi connectivity index (χ4n) is 4.85. The predicted molar refractivity (Wildman–Crippen MR) is 129 cm³/mol. The van der Waals surface area contributed by atoms with Crippen molar-refractivity contribution in [3.63, 3.8) is 0 Å². The van der Waals surface area contributed by atoms with Crippen molar-refractivity contribution in [2.45, 2.75) is 44.8 Å². The number of fused-ring (bicyclic) bond motifs is 2. The lowest BCUT2D eigenvalue weighted by molar-refractivity contribution is -0.138. The number of aromatic amines is 1. The maximum atomic E-state index is 14.5. The first-order valence-electron chi connectivity index (χ1n) is 11.4. The Morgan fingerprint density at radius 1 is 1.24 bits per heavy atom. The number of carbonyl (C=O) groups is 1. The third-order valence-electron chi connectivity index (χ3n) is 6.80. The maximum absolute atomic E-state index is 14.5. The molecule has 3 aromatic rings. The van der Waals surface area contributed by atoms with Crippen LogP contribution in [0.1, 0.15) is 58.3 Å². The summed E-state index contributed by atoms with van der Waals surface area (Å²) in [5, 5.41) is 13.1. The van der Waals surface area contributed by atoms with Gasteiger partial charge in [-0.25, -0.2) is 9.38 Å². The number of H-pyrrole nitrogens is 1. The van der Waals surface area contributed by atoms with Crippen molar-refractivity contribution in [1.82, 2.24) is 20.4 Å². The molecule has 13 heteroatoms. The Morgan fingerprint density at radius 2 is 1.97 bits per heavy atom. The molecular formula is C24H24F4N8O. The standard InChI is InChI=1S/C24H24F4N8O/c1-23(2)18-14(19(29)35-34-18)10-36(23)22-32-17-11(20(30)37)5-3-6-12(17)21(33-22)31-9-13-15(24(26,27)28)7-4-8-16(13)25/h3-8,21,31H,9-10H2,1-2H3,(H2,30,37)(H,32,33)(H3,29,34,35). The molecule has 1 aromatic heterocycles.